The number of amides is 1. The molecule has 1 amide bonds. The van der Waals surface area contributed by atoms with E-state index in [0.29, 0.717) is 9.23 Å². The summed E-state index contributed by atoms with van der Waals surface area (Å²) in [6.45, 7) is 0. The minimum Gasteiger partial charge on any atom is -0.268 e. The molecule has 21 heavy (non-hydrogen) atoms. The first kappa shape index (κ1) is 14.5. The molecule has 0 unspecified atom stereocenters. The number of halogens is 1. The van der Waals surface area contributed by atoms with Crippen LogP contribution in [-0.4, -0.2) is 10.2 Å². The van der Waals surface area contributed by atoms with Crippen molar-refractivity contribution in [2.75, 3.05) is 4.90 Å². The van der Waals surface area contributed by atoms with E-state index in [4.69, 9.17) is 12.2 Å². The molecular weight excluding hydrogens is 366 g/mol. The average Bonchev–Trinajstić information content (AvgIpc) is 2.74. The minimum atomic E-state index is -0.0769. The SMILES string of the molecule is O=C1/C(=C/c2ccccc2)SC(=S)N1c1cccc(Br)c1. The number of carbonyl (C=O) groups excluding carboxylic acids is 1. The molecule has 2 aromatic carbocycles. The van der Waals surface area contributed by atoms with E-state index in [9.17, 15) is 4.79 Å². The first-order chi connectivity index (χ1) is 10.1. The summed E-state index contributed by atoms with van der Waals surface area (Å²) in [6.07, 6.45) is 1.87. The third-order valence-corrected chi connectivity index (χ3v) is 4.75. The smallest absolute Gasteiger partial charge is 0.268 e. The van der Waals surface area contributed by atoms with E-state index in [1.165, 1.54) is 11.8 Å². The van der Waals surface area contributed by atoms with Gasteiger partial charge in [-0.2, -0.15) is 0 Å². The number of hydrogen-bond donors (Lipinski definition) is 0. The normalized spacial score (nSPS) is 16.8. The van der Waals surface area contributed by atoms with E-state index in [1.54, 1.807) is 4.90 Å². The first-order valence-electron chi connectivity index (χ1n) is 6.24. The van der Waals surface area contributed by atoms with Gasteiger partial charge in [-0.05, 0) is 29.8 Å². The molecule has 1 aliphatic rings. The molecule has 0 saturated carbocycles. The second kappa shape index (κ2) is 6.13. The zero-order valence-corrected chi connectivity index (χ0v) is 14.0. The van der Waals surface area contributed by atoms with Crippen LogP contribution in [0.3, 0.4) is 0 Å². The predicted molar refractivity (Wildman–Crippen MR) is 96.2 cm³/mol. The second-order valence-electron chi connectivity index (χ2n) is 4.41. The van der Waals surface area contributed by atoms with E-state index in [0.717, 1.165) is 15.7 Å². The van der Waals surface area contributed by atoms with Crippen molar-refractivity contribution in [2.45, 2.75) is 0 Å². The lowest BCUT2D eigenvalue weighted by Gasteiger charge is -2.14. The molecule has 1 heterocycles. The summed E-state index contributed by atoms with van der Waals surface area (Å²) in [5.41, 5.74) is 1.77. The van der Waals surface area contributed by atoms with E-state index >= 15 is 0 Å². The second-order valence-corrected chi connectivity index (χ2v) is 7.00. The van der Waals surface area contributed by atoms with Crippen LogP contribution in [0.5, 0.6) is 0 Å². The fraction of sp³-hybridized carbons (Fsp3) is 0. The van der Waals surface area contributed by atoms with Gasteiger partial charge in [-0.15, -0.1) is 0 Å². The molecule has 104 valence electrons. The van der Waals surface area contributed by atoms with E-state index in [-0.39, 0.29) is 5.91 Å². The fourth-order valence-corrected chi connectivity index (χ4v) is 3.69. The Morgan fingerprint density at radius 3 is 2.57 bits per heavy atom. The number of thiocarbonyl (C=S) groups is 1. The van der Waals surface area contributed by atoms with E-state index in [1.807, 2.05) is 60.7 Å². The molecular formula is C16H10BrNOS2. The molecule has 0 aromatic heterocycles. The molecule has 0 bridgehead atoms. The average molecular weight is 376 g/mol. The van der Waals surface area contributed by atoms with Crippen molar-refractivity contribution in [3.63, 3.8) is 0 Å². The summed E-state index contributed by atoms with van der Waals surface area (Å²) in [7, 11) is 0. The number of thioether (sulfide) groups is 1. The summed E-state index contributed by atoms with van der Waals surface area (Å²) < 4.78 is 1.47. The van der Waals surface area contributed by atoms with Crippen molar-refractivity contribution in [3.05, 3.63) is 69.5 Å². The van der Waals surface area contributed by atoms with Crippen molar-refractivity contribution < 1.29 is 4.79 Å². The molecule has 0 atom stereocenters. The molecule has 1 saturated heterocycles. The topological polar surface area (TPSA) is 20.3 Å². The fourth-order valence-electron chi connectivity index (χ4n) is 2.01. The van der Waals surface area contributed by atoms with Crippen molar-refractivity contribution in [1.29, 1.82) is 0 Å². The molecule has 2 aromatic rings. The van der Waals surface area contributed by atoms with Gasteiger partial charge in [0.15, 0.2) is 4.32 Å². The largest absolute Gasteiger partial charge is 0.270 e. The van der Waals surface area contributed by atoms with E-state index in [2.05, 4.69) is 15.9 Å². The number of rotatable bonds is 2. The molecule has 1 fully saturated rings. The van der Waals surface area contributed by atoms with Crippen LogP contribution in [0.2, 0.25) is 0 Å². The van der Waals surface area contributed by atoms with Gasteiger partial charge in [-0.25, -0.2) is 0 Å². The highest BCUT2D eigenvalue weighted by atomic mass is 79.9. The maximum absolute atomic E-state index is 12.6. The number of hydrogen-bond acceptors (Lipinski definition) is 3. The van der Waals surface area contributed by atoms with Gasteiger partial charge in [0, 0.05) is 4.47 Å². The summed E-state index contributed by atoms with van der Waals surface area (Å²) in [4.78, 5) is 14.8. The summed E-state index contributed by atoms with van der Waals surface area (Å²) in [6, 6.07) is 17.3. The van der Waals surface area contributed by atoms with Gasteiger partial charge >= 0.3 is 0 Å². The molecule has 1 aliphatic heterocycles. The van der Waals surface area contributed by atoms with Crippen molar-refractivity contribution >= 4 is 61.9 Å². The van der Waals surface area contributed by atoms with Gasteiger partial charge in [0.05, 0.1) is 10.6 Å². The quantitative estimate of drug-likeness (QED) is 0.552. The molecule has 5 heteroatoms. The van der Waals surface area contributed by atoms with Gasteiger partial charge in [-0.1, -0.05) is 76.3 Å². The highest BCUT2D eigenvalue weighted by molar-refractivity contribution is 9.10. The Kier molecular flexibility index (Phi) is 4.24. The maximum Gasteiger partial charge on any atom is 0.270 e. The standard InChI is InChI=1S/C16H10BrNOS2/c17-12-7-4-8-13(10-12)18-15(19)14(21-16(18)20)9-11-5-2-1-3-6-11/h1-10H/b14-9-. The number of benzene rings is 2. The van der Waals surface area contributed by atoms with Crippen LogP contribution in [0.15, 0.2) is 64.0 Å². The van der Waals surface area contributed by atoms with Crippen molar-refractivity contribution in [2.24, 2.45) is 0 Å². The summed E-state index contributed by atoms with van der Waals surface area (Å²) in [5, 5.41) is 0. The van der Waals surface area contributed by atoms with Gasteiger partial charge in [-0.3, -0.25) is 9.69 Å². The Bertz CT molecular complexity index is 743. The predicted octanol–water partition coefficient (Wildman–Crippen LogP) is 4.85. The van der Waals surface area contributed by atoms with Gasteiger partial charge in [0.1, 0.15) is 0 Å². The van der Waals surface area contributed by atoms with Gasteiger partial charge in [0.25, 0.3) is 5.91 Å². The number of carbonyl (C=O) groups is 1. The monoisotopic (exact) mass is 375 g/mol. The third-order valence-electron chi connectivity index (χ3n) is 2.96. The highest BCUT2D eigenvalue weighted by Crippen LogP contribution is 2.36. The zero-order valence-electron chi connectivity index (χ0n) is 10.8. The van der Waals surface area contributed by atoms with Crippen LogP contribution in [0.25, 0.3) is 6.08 Å². The van der Waals surface area contributed by atoms with Crippen molar-refractivity contribution in [3.8, 4) is 0 Å². The Hall–Kier alpha value is -1.43. The van der Waals surface area contributed by atoms with Crippen LogP contribution in [0.4, 0.5) is 5.69 Å². The zero-order chi connectivity index (χ0) is 14.8. The molecule has 2 nitrogen and oxygen atoms in total. The number of nitrogens with zero attached hydrogens (tertiary/aromatic N) is 1. The van der Waals surface area contributed by atoms with E-state index < -0.39 is 0 Å². The van der Waals surface area contributed by atoms with Gasteiger partial charge in [0.2, 0.25) is 0 Å². The van der Waals surface area contributed by atoms with Crippen molar-refractivity contribution in [1.82, 2.24) is 0 Å². The lowest BCUT2D eigenvalue weighted by Crippen LogP contribution is -2.27. The Balaban J connectivity index is 1.94. The van der Waals surface area contributed by atoms with Crippen LogP contribution in [-0.2, 0) is 4.79 Å². The molecule has 3 rings (SSSR count). The lowest BCUT2D eigenvalue weighted by molar-refractivity contribution is -0.113. The van der Waals surface area contributed by atoms with Crippen LogP contribution in [0, 0.1) is 0 Å². The molecule has 0 aliphatic carbocycles. The Morgan fingerprint density at radius 1 is 1.10 bits per heavy atom. The van der Waals surface area contributed by atoms with Gasteiger partial charge < -0.3 is 0 Å². The Labute approximate surface area is 141 Å². The van der Waals surface area contributed by atoms with Crippen LogP contribution >= 0.6 is 39.9 Å². The molecule has 0 radical (unpaired) electrons. The third kappa shape index (κ3) is 3.10. The first-order valence-corrected chi connectivity index (χ1v) is 8.25. The summed E-state index contributed by atoms with van der Waals surface area (Å²) in [5.74, 6) is -0.0769. The highest BCUT2D eigenvalue weighted by Gasteiger charge is 2.33. The Morgan fingerprint density at radius 2 is 1.86 bits per heavy atom. The molecule has 0 N–H and O–H groups in total. The lowest BCUT2D eigenvalue weighted by atomic mass is 10.2. The number of anilines is 1. The minimum absolute atomic E-state index is 0.0769. The van der Waals surface area contributed by atoms with Crippen LogP contribution in [0.1, 0.15) is 5.56 Å². The summed E-state index contributed by atoms with van der Waals surface area (Å²) >= 11 is 10.1. The van der Waals surface area contributed by atoms with Crippen LogP contribution < -0.4 is 4.90 Å². The molecule has 0 spiro atoms. The maximum atomic E-state index is 12.6.